The lowest BCUT2D eigenvalue weighted by Gasteiger charge is -2.31. The Balaban J connectivity index is 1.67. The van der Waals surface area contributed by atoms with Crippen molar-refractivity contribution >= 4 is 27.5 Å². The smallest absolute Gasteiger partial charge is 0.228 e. The summed E-state index contributed by atoms with van der Waals surface area (Å²) in [6.45, 7) is 3.34. The maximum atomic E-state index is 13.9. The number of hydrogen-bond donors (Lipinski definition) is 1. The van der Waals surface area contributed by atoms with Gasteiger partial charge in [-0.3, -0.25) is 4.79 Å². The summed E-state index contributed by atoms with van der Waals surface area (Å²) in [5, 5.41) is 3.33. The molecular weight excluding hydrogens is 359 g/mol. The maximum Gasteiger partial charge on any atom is 0.228 e. The summed E-state index contributed by atoms with van der Waals surface area (Å²) in [5.74, 6) is -0.0483. The summed E-state index contributed by atoms with van der Waals surface area (Å²) in [4.78, 5) is 13.3. The maximum absolute atomic E-state index is 13.9. The first-order valence-electron chi connectivity index (χ1n) is 7.62. The first kappa shape index (κ1) is 16.1. The largest absolute Gasteiger partial charge is 0.312 e. The van der Waals surface area contributed by atoms with Crippen LogP contribution in [0.5, 0.6) is 0 Å². The molecule has 0 radical (unpaired) electrons. The van der Waals surface area contributed by atoms with Gasteiger partial charge in [-0.25, -0.2) is 4.39 Å². The summed E-state index contributed by atoms with van der Waals surface area (Å²) in [6.07, 6.45) is 0.627. The van der Waals surface area contributed by atoms with E-state index in [1.54, 1.807) is 17.0 Å². The zero-order valence-corrected chi connectivity index (χ0v) is 14.4. The first-order chi connectivity index (χ1) is 11.0. The number of carbonyl (C=O) groups is 1. The van der Waals surface area contributed by atoms with E-state index in [0.717, 1.165) is 22.3 Å². The summed E-state index contributed by atoms with van der Waals surface area (Å²) in [6, 6.07) is 12.7. The van der Waals surface area contributed by atoms with Crippen LogP contribution in [0.1, 0.15) is 30.5 Å². The number of β-lactam (4-membered cyclic amide) rings is 1. The van der Waals surface area contributed by atoms with Crippen molar-refractivity contribution in [1.82, 2.24) is 5.32 Å². The zero-order valence-electron chi connectivity index (χ0n) is 12.9. The van der Waals surface area contributed by atoms with Crippen molar-refractivity contribution in [2.24, 2.45) is 0 Å². The van der Waals surface area contributed by atoms with Crippen molar-refractivity contribution in [2.45, 2.75) is 25.9 Å². The molecule has 5 heteroatoms. The molecule has 1 heterocycles. The van der Waals surface area contributed by atoms with Gasteiger partial charge >= 0.3 is 0 Å². The van der Waals surface area contributed by atoms with Gasteiger partial charge in [0, 0.05) is 41.3 Å². The summed E-state index contributed by atoms with van der Waals surface area (Å²) in [7, 11) is 0. The Labute approximate surface area is 143 Å². The number of anilines is 1. The Morgan fingerprint density at radius 3 is 2.83 bits per heavy atom. The summed E-state index contributed by atoms with van der Waals surface area (Å²) < 4.78 is 14.8. The Morgan fingerprint density at radius 1 is 1.30 bits per heavy atom. The molecule has 0 bridgehead atoms. The lowest BCUT2D eigenvalue weighted by atomic mass is 10.1. The second-order valence-electron chi connectivity index (χ2n) is 5.73. The van der Waals surface area contributed by atoms with Gasteiger partial charge in [0.2, 0.25) is 5.91 Å². The average Bonchev–Trinajstić information content (AvgIpc) is 2.54. The SMILES string of the molecule is C[C@H](NCc1cccc(N2CCC2=O)c1)c1cc(Br)ccc1F. The topological polar surface area (TPSA) is 32.3 Å². The highest BCUT2D eigenvalue weighted by Gasteiger charge is 2.25. The summed E-state index contributed by atoms with van der Waals surface area (Å²) in [5.41, 5.74) is 2.64. The van der Waals surface area contributed by atoms with Gasteiger partial charge in [0.25, 0.3) is 0 Å². The second-order valence-corrected chi connectivity index (χ2v) is 6.65. The highest BCUT2D eigenvalue weighted by atomic mass is 79.9. The normalized spacial score (nSPS) is 15.4. The number of nitrogens with one attached hydrogen (secondary N) is 1. The van der Waals surface area contributed by atoms with E-state index in [-0.39, 0.29) is 17.8 Å². The van der Waals surface area contributed by atoms with Crippen LogP contribution in [0.2, 0.25) is 0 Å². The molecule has 2 aromatic rings. The minimum absolute atomic E-state index is 0.109. The Morgan fingerprint density at radius 2 is 2.13 bits per heavy atom. The molecular formula is C18H18BrFN2O. The van der Waals surface area contributed by atoms with Crippen LogP contribution in [0.4, 0.5) is 10.1 Å². The predicted molar refractivity (Wildman–Crippen MR) is 92.8 cm³/mol. The molecule has 1 aliphatic heterocycles. The molecule has 1 amide bonds. The fourth-order valence-electron chi connectivity index (χ4n) is 2.65. The van der Waals surface area contributed by atoms with Crippen molar-refractivity contribution in [3.05, 3.63) is 63.9 Å². The Kier molecular flexibility index (Phi) is 4.78. The highest BCUT2D eigenvalue weighted by Crippen LogP contribution is 2.24. The molecule has 2 aromatic carbocycles. The summed E-state index contributed by atoms with van der Waals surface area (Å²) >= 11 is 3.37. The van der Waals surface area contributed by atoms with Crippen molar-refractivity contribution < 1.29 is 9.18 Å². The van der Waals surface area contributed by atoms with E-state index in [2.05, 4.69) is 21.2 Å². The van der Waals surface area contributed by atoms with Crippen LogP contribution >= 0.6 is 15.9 Å². The quantitative estimate of drug-likeness (QED) is 0.794. The Bertz CT molecular complexity index is 735. The van der Waals surface area contributed by atoms with Crippen molar-refractivity contribution in [3.63, 3.8) is 0 Å². The van der Waals surface area contributed by atoms with E-state index in [0.29, 0.717) is 18.5 Å². The molecule has 120 valence electrons. The molecule has 1 fully saturated rings. The van der Waals surface area contributed by atoms with Crippen LogP contribution in [0.3, 0.4) is 0 Å². The first-order valence-corrected chi connectivity index (χ1v) is 8.41. The van der Waals surface area contributed by atoms with Crippen LogP contribution < -0.4 is 10.2 Å². The number of hydrogen-bond acceptors (Lipinski definition) is 2. The van der Waals surface area contributed by atoms with Gasteiger partial charge in [-0.05, 0) is 42.8 Å². The fraction of sp³-hybridized carbons (Fsp3) is 0.278. The van der Waals surface area contributed by atoms with Gasteiger partial charge in [0.1, 0.15) is 5.82 Å². The molecule has 0 saturated carbocycles. The molecule has 0 aliphatic carbocycles. The number of nitrogens with zero attached hydrogens (tertiary/aromatic N) is 1. The molecule has 0 unspecified atom stereocenters. The molecule has 1 atom stereocenters. The van der Waals surface area contributed by atoms with E-state index in [9.17, 15) is 9.18 Å². The van der Waals surface area contributed by atoms with E-state index < -0.39 is 0 Å². The number of halogens is 2. The van der Waals surface area contributed by atoms with Crippen molar-refractivity contribution in [3.8, 4) is 0 Å². The fourth-order valence-corrected chi connectivity index (χ4v) is 3.03. The van der Waals surface area contributed by atoms with Crippen molar-refractivity contribution in [2.75, 3.05) is 11.4 Å². The minimum Gasteiger partial charge on any atom is -0.312 e. The van der Waals surface area contributed by atoms with Crippen LogP contribution in [-0.4, -0.2) is 12.5 Å². The van der Waals surface area contributed by atoms with E-state index in [4.69, 9.17) is 0 Å². The molecule has 1 N–H and O–H groups in total. The molecule has 1 aliphatic rings. The van der Waals surface area contributed by atoms with E-state index in [1.165, 1.54) is 6.07 Å². The number of rotatable bonds is 5. The lowest BCUT2D eigenvalue weighted by molar-refractivity contribution is -0.122. The third-order valence-electron chi connectivity index (χ3n) is 4.11. The second kappa shape index (κ2) is 6.81. The number of benzene rings is 2. The third-order valence-corrected chi connectivity index (χ3v) is 4.60. The van der Waals surface area contributed by atoms with Gasteiger partial charge in [-0.15, -0.1) is 0 Å². The van der Waals surface area contributed by atoms with Gasteiger partial charge < -0.3 is 10.2 Å². The molecule has 3 rings (SSSR count). The monoisotopic (exact) mass is 376 g/mol. The van der Waals surface area contributed by atoms with Gasteiger partial charge in [-0.1, -0.05) is 28.1 Å². The average molecular weight is 377 g/mol. The van der Waals surface area contributed by atoms with Crippen LogP contribution in [0.25, 0.3) is 0 Å². The standard InChI is InChI=1S/C18H18BrFN2O/c1-12(16-10-14(19)5-6-17(16)20)21-11-13-3-2-4-15(9-13)22-8-7-18(22)23/h2-6,9-10,12,21H,7-8,11H2,1H3/t12-/m0/s1. The Hall–Kier alpha value is -1.72. The predicted octanol–water partition coefficient (Wildman–Crippen LogP) is 4.18. The van der Waals surface area contributed by atoms with E-state index in [1.807, 2.05) is 31.2 Å². The van der Waals surface area contributed by atoms with Crippen LogP contribution in [0.15, 0.2) is 46.9 Å². The molecule has 0 spiro atoms. The van der Waals surface area contributed by atoms with Crippen LogP contribution in [-0.2, 0) is 11.3 Å². The molecule has 1 saturated heterocycles. The molecule has 3 nitrogen and oxygen atoms in total. The number of carbonyl (C=O) groups excluding carboxylic acids is 1. The van der Waals surface area contributed by atoms with Gasteiger partial charge in [0.15, 0.2) is 0 Å². The lowest BCUT2D eigenvalue weighted by Crippen LogP contribution is -2.43. The zero-order chi connectivity index (χ0) is 16.4. The molecule has 23 heavy (non-hydrogen) atoms. The molecule has 0 aromatic heterocycles. The van der Waals surface area contributed by atoms with Crippen molar-refractivity contribution in [1.29, 1.82) is 0 Å². The van der Waals surface area contributed by atoms with Gasteiger partial charge in [-0.2, -0.15) is 0 Å². The van der Waals surface area contributed by atoms with E-state index >= 15 is 0 Å². The highest BCUT2D eigenvalue weighted by molar-refractivity contribution is 9.10. The minimum atomic E-state index is -0.215. The third kappa shape index (κ3) is 3.62. The van der Waals surface area contributed by atoms with Crippen LogP contribution in [0, 0.1) is 5.82 Å². The van der Waals surface area contributed by atoms with Gasteiger partial charge in [0.05, 0.1) is 0 Å². The number of amides is 1.